The van der Waals surface area contributed by atoms with Crippen molar-refractivity contribution in [3.05, 3.63) is 44.6 Å². The first kappa shape index (κ1) is 16.7. The number of amides is 2. The molecule has 1 atom stereocenters. The highest BCUT2D eigenvalue weighted by Crippen LogP contribution is 2.37. The van der Waals surface area contributed by atoms with E-state index in [0.717, 1.165) is 16.6 Å². The number of thiophene rings is 1. The summed E-state index contributed by atoms with van der Waals surface area (Å²) in [5.41, 5.74) is 0.504. The molecule has 2 aromatic heterocycles. The lowest BCUT2D eigenvalue weighted by Gasteiger charge is -2.23. The molecule has 1 aliphatic rings. The monoisotopic (exact) mass is 376 g/mol. The molecule has 6 nitrogen and oxygen atoms in total. The number of carbonyl (C=O) groups is 2. The molecule has 0 saturated carbocycles. The minimum Gasteiger partial charge on any atom is -0.320 e. The van der Waals surface area contributed by atoms with Gasteiger partial charge in [-0.25, -0.2) is 4.98 Å². The highest BCUT2D eigenvalue weighted by Gasteiger charge is 2.30. The highest BCUT2D eigenvalue weighted by molar-refractivity contribution is 8.03. The van der Waals surface area contributed by atoms with Gasteiger partial charge in [0.25, 0.3) is 0 Å². The van der Waals surface area contributed by atoms with Crippen molar-refractivity contribution in [1.82, 2.24) is 10.3 Å². The SMILES string of the molecule is N#CC1=C(SCC(=O)Nc2nccs2)NC(=O)CC1c1cccs1. The van der Waals surface area contributed by atoms with Crippen LogP contribution < -0.4 is 10.6 Å². The maximum absolute atomic E-state index is 12.0. The summed E-state index contributed by atoms with van der Waals surface area (Å²) in [5.74, 6) is -0.520. The van der Waals surface area contributed by atoms with Crippen molar-refractivity contribution < 1.29 is 9.59 Å². The van der Waals surface area contributed by atoms with Crippen LogP contribution in [0.2, 0.25) is 0 Å². The van der Waals surface area contributed by atoms with Crippen molar-refractivity contribution in [2.45, 2.75) is 12.3 Å². The molecule has 0 radical (unpaired) electrons. The molecule has 3 heterocycles. The molecule has 9 heteroatoms. The fourth-order valence-electron chi connectivity index (χ4n) is 2.24. The maximum Gasteiger partial charge on any atom is 0.236 e. The summed E-state index contributed by atoms with van der Waals surface area (Å²) >= 11 is 4.01. The van der Waals surface area contributed by atoms with Gasteiger partial charge < -0.3 is 10.6 Å². The van der Waals surface area contributed by atoms with Crippen LogP contribution in [-0.4, -0.2) is 22.6 Å². The second-order valence-corrected chi connectivity index (χ2v) is 7.71. The number of hydrogen-bond donors (Lipinski definition) is 2. The van der Waals surface area contributed by atoms with E-state index in [-0.39, 0.29) is 29.9 Å². The highest BCUT2D eigenvalue weighted by atomic mass is 32.2. The molecule has 1 unspecified atom stereocenters. The zero-order valence-electron chi connectivity index (χ0n) is 12.3. The van der Waals surface area contributed by atoms with Crippen molar-refractivity contribution in [3.8, 4) is 6.07 Å². The second-order valence-electron chi connectivity index (χ2n) is 4.85. The third-order valence-electron chi connectivity index (χ3n) is 3.27. The van der Waals surface area contributed by atoms with Crippen molar-refractivity contribution in [3.63, 3.8) is 0 Å². The number of nitrogens with one attached hydrogen (secondary N) is 2. The Morgan fingerprint density at radius 2 is 2.38 bits per heavy atom. The van der Waals surface area contributed by atoms with Crippen LogP contribution in [0, 0.1) is 11.3 Å². The van der Waals surface area contributed by atoms with E-state index in [1.807, 2.05) is 17.5 Å². The van der Waals surface area contributed by atoms with Gasteiger partial charge in [0.05, 0.1) is 22.4 Å². The van der Waals surface area contributed by atoms with Gasteiger partial charge in [0, 0.05) is 28.8 Å². The lowest BCUT2D eigenvalue weighted by molar-refractivity contribution is -0.121. The summed E-state index contributed by atoms with van der Waals surface area (Å²) in [6, 6.07) is 6.01. The van der Waals surface area contributed by atoms with E-state index in [2.05, 4.69) is 21.7 Å². The second kappa shape index (κ2) is 7.61. The summed E-state index contributed by atoms with van der Waals surface area (Å²) in [6.07, 6.45) is 1.86. The molecule has 0 spiro atoms. The fraction of sp³-hybridized carbons (Fsp3) is 0.200. The zero-order valence-corrected chi connectivity index (χ0v) is 14.8. The van der Waals surface area contributed by atoms with Gasteiger partial charge in [-0.05, 0) is 11.4 Å². The quantitative estimate of drug-likeness (QED) is 0.837. The van der Waals surface area contributed by atoms with Gasteiger partial charge in [-0.1, -0.05) is 17.8 Å². The average molecular weight is 376 g/mol. The molecule has 0 fully saturated rings. The Morgan fingerprint density at radius 1 is 1.50 bits per heavy atom. The molecule has 24 heavy (non-hydrogen) atoms. The van der Waals surface area contributed by atoms with Gasteiger partial charge in [-0.15, -0.1) is 22.7 Å². The van der Waals surface area contributed by atoms with Crippen LogP contribution >= 0.6 is 34.4 Å². The maximum atomic E-state index is 12.0. The Labute approximate surface area is 150 Å². The number of thiazole rings is 1. The van der Waals surface area contributed by atoms with Gasteiger partial charge in [-0.2, -0.15) is 5.26 Å². The van der Waals surface area contributed by atoms with Crippen molar-refractivity contribution >= 4 is 51.4 Å². The average Bonchev–Trinajstić information content (AvgIpc) is 3.25. The molecule has 2 amide bonds. The molecule has 0 saturated heterocycles. The Morgan fingerprint density at radius 3 is 3.04 bits per heavy atom. The summed E-state index contributed by atoms with van der Waals surface area (Å²) in [6.45, 7) is 0. The molecule has 122 valence electrons. The van der Waals surface area contributed by atoms with E-state index >= 15 is 0 Å². The summed E-state index contributed by atoms with van der Waals surface area (Å²) in [5, 5.41) is 19.6. The minimum atomic E-state index is -0.242. The van der Waals surface area contributed by atoms with Crippen molar-refractivity contribution in [2.24, 2.45) is 0 Å². The Kier molecular flexibility index (Phi) is 5.30. The largest absolute Gasteiger partial charge is 0.320 e. The fourth-order valence-corrected chi connectivity index (χ4v) is 4.50. The third-order valence-corrected chi connectivity index (χ3v) is 5.96. The molecule has 0 aromatic carbocycles. The van der Waals surface area contributed by atoms with Crippen molar-refractivity contribution in [1.29, 1.82) is 5.26 Å². The lowest BCUT2D eigenvalue weighted by atomic mass is 9.93. The smallest absolute Gasteiger partial charge is 0.236 e. The van der Waals surface area contributed by atoms with E-state index in [1.54, 1.807) is 11.6 Å². The molecule has 1 aliphatic heterocycles. The van der Waals surface area contributed by atoms with Crippen LogP contribution in [0.1, 0.15) is 17.2 Å². The van der Waals surface area contributed by atoms with Crippen molar-refractivity contribution in [2.75, 3.05) is 11.1 Å². The van der Waals surface area contributed by atoms with Gasteiger partial charge in [0.1, 0.15) is 0 Å². The summed E-state index contributed by atoms with van der Waals surface area (Å²) in [7, 11) is 0. The molecule has 3 rings (SSSR count). The Balaban J connectivity index is 1.73. The number of aromatic nitrogens is 1. The Bertz CT molecular complexity index is 806. The summed E-state index contributed by atoms with van der Waals surface area (Å²) in [4.78, 5) is 28.9. The minimum absolute atomic E-state index is 0.0948. The van der Waals surface area contributed by atoms with Crippen LogP contribution in [0.5, 0.6) is 0 Å². The predicted octanol–water partition coefficient (Wildman–Crippen LogP) is 2.92. The molecular formula is C15H12N4O2S3. The first-order valence-corrected chi connectivity index (χ1v) is 9.71. The van der Waals surface area contributed by atoms with Crippen LogP contribution in [0.4, 0.5) is 5.13 Å². The number of thioether (sulfide) groups is 1. The number of nitrogens with zero attached hydrogens (tertiary/aromatic N) is 2. The first-order chi connectivity index (χ1) is 11.7. The summed E-state index contributed by atoms with van der Waals surface area (Å²) < 4.78 is 0. The van der Waals surface area contributed by atoms with Gasteiger partial charge >= 0.3 is 0 Å². The number of allylic oxidation sites excluding steroid dienone is 1. The van der Waals surface area contributed by atoms with Crippen LogP contribution in [0.25, 0.3) is 0 Å². The number of nitriles is 1. The number of rotatable bonds is 5. The van der Waals surface area contributed by atoms with Gasteiger partial charge in [0.15, 0.2) is 5.13 Å². The number of anilines is 1. The normalized spacial score (nSPS) is 17.3. The van der Waals surface area contributed by atoms with E-state index < -0.39 is 0 Å². The third kappa shape index (κ3) is 3.84. The molecule has 0 aliphatic carbocycles. The van der Waals surface area contributed by atoms with Gasteiger partial charge in [0.2, 0.25) is 11.8 Å². The van der Waals surface area contributed by atoms with Crippen LogP contribution in [0.15, 0.2) is 39.7 Å². The topological polar surface area (TPSA) is 94.9 Å². The number of hydrogen-bond acceptors (Lipinski definition) is 7. The molecule has 0 bridgehead atoms. The molecular weight excluding hydrogens is 364 g/mol. The first-order valence-electron chi connectivity index (χ1n) is 6.97. The van der Waals surface area contributed by atoms with E-state index in [0.29, 0.717) is 15.7 Å². The number of carbonyl (C=O) groups excluding carboxylic acids is 2. The Hall–Kier alpha value is -2.15. The van der Waals surface area contributed by atoms with Crippen LogP contribution in [0.3, 0.4) is 0 Å². The standard InChI is InChI=1S/C15H12N4O2S3/c16-7-10-9(11-2-1-4-22-11)6-12(20)18-14(10)24-8-13(21)19-15-17-3-5-23-15/h1-5,9H,6,8H2,(H,18,20)(H,17,19,21). The van der Waals surface area contributed by atoms with E-state index in [1.165, 1.54) is 22.7 Å². The molecule has 2 aromatic rings. The van der Waals surface area contributed by atoms with E-state index in [9.17, 15) is 14.9 Å². The molecule has 2 N–H and O–H groups in total. The van der Waals surface area contributed by atoms with Crippen LogP contribution in [-0.2, 0) is 9.59 Å². The predicted molar refractivity (Wildman–Crippen MR) is 95.7 cm³/mol. The van der Waals surface area contributed by atoms with Gasteiger partial charge in [-0.3, -0.25) is 9.59 Å². The van der Waals surface area contributed by atoms with E-state index in [4.69, 9.17) is 0 Å². The lowest BCUT2D eigenvalue weighted by Crippen LogP contribution is -2.31. The zero-order chi connectivity index (χ0) is 16.9.